The number of hydrogen-bond acceptors (Lipinski definition) is 5. The second-order valence-corrected chi connectivity index (χ2v) is 7.06. The van der Waals surface area contributed by atoms with E-state index in [-0.39, 0.29) is 23.2 Å². The highest BCUT2D eigenvalue weighted by Crippen LogP contribution is 2.46. The van der Waals surface area contributed by atoms with E-state index in [1.807, 2.05) is 6.92 Å². The zero-order valence-electron chi connectivity index (χ0n) is 14.9. The lowest BCUT2D eigenvalue weighted by Crippen LogP contribution is -2.36. The van der Waals surface area contributed by atoms with Crippen LogP contribution in [0.2, 0.25) is 0 Å². The number of phenols is 1. The van der Waals surface area contributed by atoms with Gasteiger partial charge < -0.3 is 15.2 Å². The Bertz CT molecular complexity index is 808. The third-order valence-corrected chi connectivity index (χ3v) is 5.41. The van der Waals surface area contributed by atoms with Gasteiger partial charge in [-0.05, 0) is 50.3 Å². The third kappa shape index (κ3) is 2.71. The molecule has 4 rings (SSSR count). The maximum atomic E-state index is 12.8. The second-order valence-electron chi connectivity index (χ2n) is 7.06. The van der Waals surface area contributed by atoms with Crippen molar-refractivity contribution < 1.29 is 19.4 Å². The summed E-state index contributed by atoms with van der Waals surface area (Å²) in [7, 11) is 0. The number of ether oxygens (including phenoxy) is 1. The van der Waals surface area contributed by atoms with E-state index in [0.717, 1.165) is 53.8 Å². The van der Waals surface area contributed by atoms with Gasteiger partial charge in [-0.15, -0.1) is 0 Å². The number of rotatable bonds is 3. The number of allylic oxidation sites excluding steroid dienone is 4. The molecule has 1 heterocycles. The van der Waals surface area contributed by atoms with Crippen LogP contribution in [0.1, 0.15) is 56.9 Å². The molecule has 0 amide bonds. The van der Waals surface area contributed by atoms with Crippen molar-refractivity contribution >= 4 is 11.6 Å². The van der Waals surface area contributed by atoms with Crippen molar-refractivity contribution in [1.29, 1.82) is 0 Å². The maximum Gasteiger partial charge on any atom is 0.161 e. The van der Waals surface area contributed by atoms with Crippen LogP contribution in [-0.4, -0.2) is 23.3 Å². The predicted molar refractivity (Wildman–Crippen MR) is 96.9 cm³/mol. The Labute approximate surface area is 152 Å². The fraction of sp³-hybridized carbons (Fsp3) is 0.429. The first-order chi connectivity index (χ1) is 12.6. The molecule has 0 fully saturated rings. The summed E-state index contributed by atoms with van der Waals surface area (Å²) in [5, 5.41) is 13.4. The van der Waals surface area contributed by atoms with Gasteiger partial charge in [-0.1, -0.05) is 6.07 Å². The Hall–Kier alpha value is -2.56. The van der Waals surface area contributed by atoms with Crippen LogP contribution in [0.25, 0.3) is 0 Å². The van der Waals surface area contributed by atoms with Crippen LogP contribution in [0, 0.1) is 0 Å². The van der Waals surface area contributed by atoms with Crippen LogP contribution in [0.5, 0.6) is 11.5 Å². The Morgan fingerprint density at radius 3 is 2.23 bits per heavy atom. The molecule has 0 radical (unpaired) electrons. The van der Waals surface area contributed by atoms with Gasteiger partial charge >= 0.3 is 0 Å². The third-order valence-electron chi connectivity index (χ3n) is 5.41. The minimum atomic E-state index is -0.360. The summed E-state index contributed by atoms with van der Waals surface area (Å²) in [6.07, 6.45) is 4.38. The monoisotopic (exact) mass is 353 g/mol. The summed E-state index contributed by atoms with van der Waals surface area (Å²) in [5.74, 6) is 0.318. The Balaban J connectivity index is 1.88. The van der Waals surface area contributed by atoms with Crippen molar-refractivity contribution in [3.05, 3.63) is 46.3 Å². The molecule has 1 aliphatic heterocycles. The van der Waals surface area contributed by atoms with Crippen LogP contribution in [0.4, 0.5) is 0 Å². The second kappa shape index (κ2) is 6.63. The SMILES string of the molecule is CCOc1cc(C2C3=C(CCCC3=O)NC3=C2C(=O)CCC3)ccc1O. The van der Waals surface area contributed by atoms with Gasteiger partial charge in [-0.2, -0.15) is 0 Å². The number of benzene rings is 1. The van der Waals surface area contributed by atoms with Crippen molar-refractivity contribution in [1.82, 2.24) is 5.32 Å². The van der Waals surface area contributed by atoms with E-state index in [0.29, 0.717) is 25.2 Å². The highest BCUT2D eigenvalue weighted by atomic mass is 16.5. The van der Waals surface area contributed by atoms with E-state index >= 15 is 0 Å². The fourth-order valence-electron chi connectivity index (χ4n) is 4.30. The number of aromatic hydroxyl groups is 1. The van der Waals surface area contributed by atoms with Gasteiger partial charge in [-0.25, -0.2) is 0 Å². The van der Waals surface area contributed by atoms with Gasteiger partial charge in [0.05, 0.1) is 6.61 Å². The van der Waals surface area contributed by atoms with E-state index in [4.69, 9.17) is 4.74 Å². The van der Waals surface area contributed by atoms with E-state index in [9.17, 15) is 14.7 Å². The van der Waals surface area contributed by atoms with Crippen molar-refractivity contribution in [2.45, 2.75) is 51.4 Å². The molecule has 1 aromatic rings. The summed E-state index contributed by atoms with van der Waals surface area (Å²) in [6.45, 7) is 2.29. The molecule has 5 heteroatoms. The van der Waals surface area contributed by atoms with Gasteiger partial charge in [0, 0.05) is 41.3 Å². The molecule has 2 N–H and O–H groups in total. The summed E-state index contributed by atoms with van der Waals surface area (Å²) in [5.41, 5.74) is 4.20. The van der Waals surface area contributed by atoms with E-state index in [1.165, 1.54) is 0 Å². The average Bonchev–Trinajstić information content (AvgIpc) is 2.63. The average molecular weight is 353 g/mol. The van der Waals surface area contributed by atoms with Crippen LogP contribution >= 0.6 is 0 Å². The predicted octanol–water partition coefficient (Wildman–Crippen LogP) is 3.49. The van der Waals surface area contributed by atoms with Crippen molar-refractivity contribution in [3.8, 4) is 11.5 Å². The van der Waals surface area contributed by atoms with Gasteiger partial charge in [0.2, 0.25) is 0 Å². The topological polar surface area (TPSA) is 75.6 Å². The summed E-state index contributed by atoms with van der Waals surface area (Å²) < 4.78 is 5.53. The largest absolute Gasteiger partial charge is 0.504 e. The smallest absolute Gasteiger partial charge is 0.161 e. The van der Waals surface area contributed by atoms with Crippen LogP contribution in [0.15, 0.2) is 40.7 Å². The number of phenolic OH excluding ortho intramolecular Hbond substituents is 1. The van der Waals surface area contributed by atoms with Gasteiger partial charge in [0.15, 0.2) is 23.1 Å². The van der Waals surface area contributed by atoms with Gasteiger partial charge in [0.1, 0.15) is 0 Å². The Kier molecular flexibility index (Phi) is 4.31. The maximum absolute atomic E-state index is 12.8. The summed E-state index contributed by atoms with van der Waals surface area (Å²) in [6, 6.07) is 5.16. The number of carbonyl (C=O) groups is 2. The minimum absolute atomic E-state index is 0.0675. The molecular formula is C21H23NO4. The molecule has 0 atom stereocenters. The number of nitrogens with one attached hydrogen (secondary N) is 1. The Morgan fingerprint density at radius 1 is 1.04 bits per heavy atom. The lowest BCUT2D eigenvalue weighted by atomic mass is 9.71. The highest BCUT2D eigenvalue weighted by molar-refractivity contribution is 6.06. The number of Topliss-reactive ketones (excluding diaryl/α,β-unsaturated/α-hetero) is 2. The van der Waals surface area contributed by atoms with E-state index in [2.05, 4.69) is 5.32 Å². The zero-order valence-corrected chi connectivity index (χ0v) is 14.9. The normalized spacial score (nSPS) is 20.7. The van der Waals surface area contributed by atoms with Gasteiger partial charge in [-0.3, -0.25) is 9.59 Å². The van der Waals surface area contributed by atoms with Crippen LogP contribution < -0.4 is 10.1 Å². The quantitative estimate of drug-likeness (QED) is 0.870. The number of ketones is 2. The standard InChI is InChI=1S/C21H23NO4/c1-2-26-18-11-12(9-10-15(18)23)19-20-13(5-3-7-16(20)24)22-14-6-4-8-17(25)21(14)19/h9-11,19,22-23H,2-8H2,1H3. The molecule has 2 aliphatic carbocycles. The first kappa shape index (κ1) is 16.9. The van der Waals surface area contributed by atoms with E-state index < -0.39 is 0 Å². The molecule has 0 spiro atoms. The molecule has 136 valence electrons. The molecule has 3 aliphatic rings. The molecule has 5 nitrogen and oxygen atoms in total. The van der Waals surface area contributed by atoms with Crippen LogP contribution in [0.3, 0.4) is 0 Å². The minimum Gasteiger partial charge on any atom is -0.504 e. The molecule has 0 saturated carbocycles. The molecule has 0 bridgehead atoms. The first-order valence-corrected chi connectivity index (χ1v) is 9.35. The zero-order chi connectivity index (χ0) is 18.3. The first-order valence-electron chi connectivity index (χ1n) is 9.35. The summed E-state index contributed by atoms with van der Waals surface area (Å²) in [4.78, 5) is 25.5. The van der Waals surface area contributed by atoms with Crippen LogP contribution in [-0.2, 0) is 9.59 Å². The fourth-order valence-corrected chi connectivity index (χ4v) is 4.30. The van der Waals surface area contributed by atoms with Crippen molar-refractivity contribution in [2.24, 2.45) is 0 Å². The van der Waals surface area contributed by atoms with Crippen molar-refractivity contribution in [2.75, 3.05) is 6.61 Å². The summed E-state index contributed by atoms with van der Waals surface area (Å²) >= 11 is 0. The number of carbonyl (C=O) groups excluding carboxylic acids is 2. The molecular weight excluding hydrogens is 330 g/mol. The molecule has 0 saturated heterocycles. The molecule has 0 unspecified atom stereocenters. The highest BCUT2D eigenvalue weighted by Gasteiger charge is 2.40. The number of hydrogen-bond donors (Lipinski definition) is 2. The van der Waals surface area contributed by atoms with Gasteiger partial charge in [0.25, 0.3) is 0 Å². The van der Waals surface area contributed by atoms with E-state index in [1.54, 1.807) is 18.2 Å². The Morgan fingerprint density at radius 2 is 1.65 bits per heavy atom. The lowest BCUT2D eigenvalue weighted by molar-refractivity contribution is -0.116. The van der Waals surface area contributed by atoms with Crippen molar-refractivity contribution in [3.63, 3.8) is 0 Å². The molecule has 26 heavy (non-hydrogen) atoms. The lowest BCUT2D eigenvalue weighted by Gasteiger charge is -2.37. The number of dihydropyridines is 1. The molecule has 0 aromatic heterocycles. The molecule has 1 aromatic carbocycles.